The zero-order chi connectivity index (χ0) is 8.55. The Bertz CT molecular complexity index is 205. The van der Waals surface area contributed by atoms with Gasteiger partial charge in [0.05, 0.1) is 0 Å². The van der Waals surface area contributed by atoms with Crippen LogP contribution in [0.2, 0.25) is 0 Å². The zero-order valence-corrected chi connectivity index (χ0v) is 7.84. The molecule has 0 aromatic rings. The molecule has 1 atom stereocenters. The van der Waals surface area contributed by atoms with Crippen molar-refractivity contribution in [1.82, 2.24) is 4.90 Å². The molecule has 2 radical (unpaired) electrons. The Hall–Kier alpha value is -0.300. The van der Waals surface area contributed by atoms with Crippen molar-refractivity contribution in [3.05, 3.63) is 18.1 Å². The molecular formula is C11H17N. The quantitative estimate of drug-likeness (QED) is 0.529. The summed E-state index contributed by atoms with van der Waals surface area (Å²) in [5, 5.41) is 0. The highest BCUT2D eigenvalue weighted by atomic mass is 15.2. The second kappa shape index (κ2) is 3.21. The van der Waals surface area contributed by atoms with Crippen LogP contribution >= 0.6 is 0 Å². The van der Waals surface area contributed by atoms with Gasteiger partial charge in [-0.25, -0.2) is 0 Å². The number of hydrogen-bond donors (Lipinski definition) is 0. The normalized spacial score (nSPS) is 32.0. The van der Waals surface area contributed by atoms with E-state index in [1.807, 2.05) is 0 Å². The van der Waals surface area contributed by atoms with E-state index >= 15 is 0 Å². The molecule has 1 saturated heterocycles. The van der Waals surface area contributed by atoms with Gasteiger partial charge in [0.25, 0.3) is 0 Å². The first-order valence-electron chi connectivity index (χ1n) is 4.98. The average Bonchev–Trinajstić information content (AvgIpc) is 2.46. The SMILES string of the molecule is [CH]C1=C(C)C2CCCN2CCC1. The van der Waals surface area contributed by atoms with Gasteiger partial charge in [0.15, 0.2) is 0 Å². The fourth-order valence-electron chi connectivity index (χ4n) is 2.47. The first-order valence-corrected chi connectivity index (χ1v) is 4.98. The van der Waals surface area contributed by atoms with Crippen molar-refractivity contribution in [1.29, 1.82) is 0 Å². The van der Waals surface area contributed by atoms with Crippen LogP contribution in [0.1, 0.15) is 32.6 Å². The van der Waals surface area contributed by atoms with Crippen molar-refractivity contribution < 1.29 is 0 Å². The molecule has 0 spiro atoms. The molecule has 1 unspecified atom stereocenters. The first kappa shape index (κ1) is 8.31. The molecule has 1 nitrogen and oxygen atoms in total. The van der Waals surface area contributed by atoms with Crippen LogP contribution in [0.4, 0.5) is 0 Å². The Morgan fingerprint density at radius 1 is 1.33 bits per heavy atom. The van der Waals surface area contributed by atoms with Crippen LogP contribution in [0.3, 0.4) is 0 Å². The van der Waals surface area contributed by atoms with Gasteiger partial charge in [0.2, 0.25) is 0 Å². The molecular weight excluding hydrogens is 146 g/mol. The highest BCUT2D eigenvalue weighted by Crippen LogP contribution is 2.29. The van der Waals surface area contributed by atoms with Crippen molar-refractivity contribution in [3.8, 4) is 0 Å². The van der Waals surface area contributed by atoms with Gasteiger partial charge >= 0.3 is 0 Å². The maximum absolute atomic E-state index is 5.99. The number of nitrogens with zero attached hydrogens (tertiary/aromatic N) is 1. The Kier molecular flexibility index (Phi) is 2.22. The Labute approximate surface area is 75.4 Å². The molecule has 0 bridgehead atoms. The van der Waals surface area contributed by atoms with Crippen LogP contribution < -0.4 is 0 Å². The highest BCUT2D eigenvalue weighted by molar-refractivity contribution is 5.23. The van der Waals surface area contributed by atoms with Gasteiger partial charge in [-0.05, 0) is 52.6 Å². The second-order valence-electron chi connectivity index (χ2n) is 4.01. The summed E-state index contributed by atoms with van der Waals surface area (Å²) in [7, 11) is 0. The van der Waals surface area contributed by atoms with Crippen LogP contribution in [-0.4, -0.2) is 24.0 Å². The summed E-state index contributed by atoms with van der Waals surface area (Å²) in [6.07, 6.45) is 5.04. The summed E-state index contributed by atoms with van der Waals surface area (Å²) in [5.41, 5.74) is 2.61. The molecule has 2 rings (SSSR count). The third kappa shape index (κ3) is 1.31. The fraction of sp³-hybridized carbons (Fsp3) is 0.727. The summed E-state index contributed by atoms with van der Waals surface area (Å²) in [6.45, 7) is 10.7. The van der Waals surface area contributed by atoms with Crippen LogP contribution in [0.5, 0.6) is 0 Å². The van der Waals surface area contributed by atoms with Gasteiger partial charge in [-0.1, -0.05) is 11.1 Å². The Balaban J connectivity index is 2.22. The minimum absolute atomic E-state index is 0.687. The topological polar surface area (TPSA) is 3.24 Å². The first-order chi connectivity index (χ1) is 5.79. The predicted octanol–water partition coefficient (Wildman–Crippen LogP) is 2.27. The molecule has 1 fully saturated rings. The van der Waals surface area contributed by atoms with Crippen molar-refractivity contribution in [2.75, 3.05) is 13.1 Å². The molecule has 0 N–H and O–H groups in total. The summed E-state index contributed by atoms with van der Waals surface area (Å²) in [6, 6.07) is 0.687. The van der Waals surface area contributed by atoms with E-state index in [9.17, 15) is 0 Å². The molecule has 0 saturated carbocycles. The molecule has 2 heterocycles. The number of hydrogen-bond acceptors (Lipinski definition) is 1. The van der Waals surface area contributed by atoms with Gasteiger partial charge in [-0.15, -0.1) is 0 Å². The predicted molar refractivity (Wildman–Crippen MR) is 50.8 cm³/mol. The van der Waals surface area contributed by atoms with E-state index in [-0.39, 0.29) is 0 Å². The van der Waals surface area contributed by atoms with Crippen molar-refractivity contribution >= 4 is 0 Å². The molecule has 0 aromatic carbocycles. The number of fused-ring (bicyclic) bond motifs is 1. The van der Waals surface area contributed by atoms with Gasteiger partial charge < -0.3 is 0 Å². The van der Waals surface area contributed by atoms with Gasteiger partial charge in [0, 0.05) is 6.04 Å². The number of allylic oxidation sites excluding steroid dienone is 1. The van der Waals surface area contributed by atoms with Crippen molar-refractivity contribution in [3.63, 3.8) is 0 Å². The summed E-state index contributed by atoms with van der Waals surface area (Å²) in [4.78, 5) is 2.59. The monoisotopic (exact) mass is 163 g/mol. The standard InChI is InChI=1S/C11H17N/c1-9-5-3-7-12-8-4-6-11(12)10(9)2/h1,11H,3-8H2,2H3. The minimum Gasteiger partial charge on any atom is -0.297 e. The average molecular weight is 163 g/mol. The Morgan fingerprint density at radius 2 is 2.08 bits per heavy atom. The van der Waals surface area contributed by atoms with Crippen LogP contribution in [-0.2, 0) is 0 Å². The summed E-state index contributed by atoms with van der Waals surface area (Å²) in [5.74, 6) is 0. The van der Waals surface area contributed by atoms with Crippen LogP contribution in [0.15, 0.2) is 11.1 Å². The van der Waals surface area contributed by atoms with Gasteiger partial charge in [0.1, 0.15) is 0 Å². The lowest BCUT2D eigenvalue weighted by Gasteiger charge is -2.22. The molecule has 12 heavy (non-hydrogen) atoms. The molecule has 0 aromatic heterocycles. The van der Waals surface area contributed by atoms with Gasteiger partial charge in [-0.3, -0.25) is 4.90 Å². The van der Waals surface area contributed by atoms with E-state index in [4.69, 9.17) is 6.92 Å². The fourth-order valence-corrected chi connectivity index (χ4v) is 2.47. The third-order valence-electron chi connectivity index (χ3n) is 3.26. The van der Waals surface area contributed by atoms with E-state index in [2.05, 4.69) is 11.8 Å². The lowest BCUT2D eigenvalue weighted by Crippen LogP contribution is -2.29. The highest BCUT2D eigenvalue weighted by Gasteiger charge is 2.27. The zero-order valence-electron chi connectivity index (χ0n) is 7.84. The maximum Gasteiger partial charge on any atom is 0.0308 e. The van der Waals surface area contributed by atoms with Crippen LogP contribution in [0, 0.1) is 6.92 Å². The number of rotatable bonds is 0. The van der Waals surface area contributed by atoms with E-state index in [0.717, 1.165) is 12.0 Å². The second-order valence-corrected chi connectivity index (χ2v) is 4.01. The molecule has 0 aliphatic carbocycles. The summed E-state index contributed by atoms with van der Waals surface area (Å²) < 4.78 is 0. The largest absolute Gasteiger partial charge is 0.297 e. The molecule has 66 valence electrons. The minimum atomic E-state index is 0.687. The lowest BCUT2D eigenvalue weighted by molar-refractivity contribution is 0.285. The lowest BCUT2D eigenvalue weighted by atomic mass is 10.0. The van der Waals surface area contributed by atoms with E-state index in [1.165, 1.54) is 37.9 Å². The smallest absolute Gasteiger partial charge is 0.0308 e. The van der Waals surface area contributed by atoms with Crippen molar-refractivity contribution in [2.24, 2.45) is 0 Å². The molecule has 2 aliphatic rings. The van der Waals surface area contributed by atoms with E-state index < -0.39 is 0 Å². The third-order valence-corrected chi connectivity index (χ3v) is 3.26. The molecule has 2 aliphatic heterocycles. The van der Waals surface area contributed by atoms with Crippen molar-refractivity contribution in [2.45, 2.75) is 38.6 Å². The van der Waals surface area contributed by atoms with Crippen LogP contribution in [0.25, 0.3) is 0 Å². The summed E-state index contributed by atoms with van der Waals surface area (Å²) >= 11 is 0. The molecule has 0 amide bonds. The van der Waals surface area contributed by atoms with E-state index in [1.54, 1.807) is 0 Å². The van der Waals surface area contributed by atoms with Gasteiger partial charge in [-0.2, -0.15) is 0 Å². The molecule has 1 heteroatoms. The van der Waals surface area contributed by atoms with E-state index in [0.29, 0.717) is 6.04 Å². The Morgan fingerprint density at radius 3 is 2.92 bits per heavy atom. The maximum atomic E-state index is 5.99.